The first kappa shape index (κ1) is 22.2. The van der Waals surface area contributed by atoms with Crippen molar-refractivity contribution in [1.29, 1.82) is 0 Å². The van der Waals surface area contributed by atoms with Gasteiger partial charge in [-0.1, -0.05) is 91.0 Å². The summed E-state index contributed by atoms with van der Waals surface area (Å²) in [5.74, 6) is 0.376. The summed E-state index contributed by atoms with van der Waals surface area (Å²) in [6, 6.07) is 39.0. The highest BCUT2D eigenvalue weighted by molar-refractivity contribution is 5.88. The highest BCUT2D eigenvalue weighted by Gasteiger charge is 2.44. The van der Waals surface area contributed by atoms with Crippen LogP contribution in [0.3, 0.4) is 0 Å². The lowest BCUT2D eigenvalue weighted by molar-refractivity contribution is -0.134. The Labute approximate surface area is 211 Å². The molecule has 0 aliphatic heterocycles. The number of hydrogen-bond acceptors (Lipinski definition) is 3. The minimum absolute atomic E-state index is 0.208. The standard InChI is InChI=1S/C33H27NO2/c35-31(36-26-14-5-2-6-15-26)20-22-33(21-19-24-11-3-1-4-12-24)28-17-9-8-16-27(28)32-29(33)23-25-13-7-10-18-30(25)34-32/h1-18,23H,19-22H2. The van der Waals surface area contributed by atoms with Gasteiger partial charge in [-0.2, -0.15) is 0 Å². The molecular formula is C33H27NO2. The summed E-state index contributed by atoms with van der Waals surface area (Å²) in [6.07, 6.45) is 2.79. The van der Waals surface area contributed by atoms with Crippen LogP contribution in [0.5, 0.6) is 5.75 Å². The number of rotatable bonds is 7. The van der Waals surface area contributed by atoms with Crippen LogP contribution in [-0.2, 0) is 16.6 Å². The molecule has 1 aromatic heterocycles. The maximum absolute atomic E-state index is 13.0. The van der Waals surface area contributed by atoms with Crippen LogP contribution in [0.2, 0.25) is 0 Å². The molecule has 1 aliphatic rings. The van der Waals surface area contributed by atoms with Crippen molar-refractivity contribution < 1.29 is 9.53 Å². The fourth-order valence-electron chi connectivity index (χ4n) is 5.59. The maximum Gasteiger partial charge on any atom is 0.311 e. The fourth-order valence-corrected chi connectivity index (χ4v) is 5.59. The first-order chi connectivity index (χ1) is 17.7. The second-order valence-corrected chi connectivity index (χ2v) is 9.48. The summed E-state index contributed by atoms with van der Waals surface area (Å²) in [4.78, 5) is 18.1. The molecule has 1 heterocycles. The van der Waals surface area contributed by atoms with Crippen molar-refractivity contribution in [3.8, 4) is 17.0 Å². The third-order valence-corrected chi connectivity index (χ3v) is 7.35. The van der Waals surface area contributed by atoms with Crippen molar-refractivity contribution in [1.82, 2.24) is 4.98 Å². The van der Waals surface area contributed by atoms with E-state index in [-0.39, 0.29) is 11.4 Å². The van der Waals surface area contributed by atoms with Gasteiger partial charge in [0.1, 0.15) is 5.75 Å². The summed E-state index contributed by atoms with van der Waals surface area (Å²) in [5, 5.41) is 1.13. The number of fused-ring (bicyclic) bond motifs is 4. The predicted octanol–water partition coefficient (Wildman–Crippen LogP) is 7.52. The van der Waals surface area contributed by atoms with E-state index in [4.69, 9.17) is 9.72 Å². The van der Waals surface area contributed by atoms with Crippen LogP contribution >= 0.6 is 0 Å². The van der Waals surface area contributed by atoms with E-state index in [1.807, 2.05) is 36.4 Å². The predicted molar refractivity (Wildman–Crippen MR) is 144 cm³/mol. The molecule has 4 aromatic carbocycles. The zero-order valence-corrected chi connectivity index (χ0v) is 20.1. The van der Waals surface area contributed by atoms with Gasteiger partial charge in [0.05, 0.1) is 11.2 Å². The van der Waals surface area contributed by atoms with E-state index in [0.717, 1.165) is 29.4 Å². The van der Waals surface area contributed by atoms with E-state index >= 15 is 0 Å². The normalized spacial score (nSPS) is 15.9. The third-order valence-electron chi connectivity index (χ3n) is 7.35. The van der Waals surface area contributed by atoms with Crippen LogP contribution < -0.4 is 4.74 Å². The molecule has 0 radical (unpaired) electrons. The molecular weight excluding hydrogens is 442 g/mol. The van der Waals surface area contributed by atoms with E-state index in [2.05, 4.69) is 78.9 Å². The van der Waals surface area contributed by atoms with Crippen molar-refractivity contribution in [2.24, 2.45) is 0 Å². The molecule has 6 rings (SSSR count). The average Bonchev–Trinajstić information content (AvgIpc) is 3.20. The van der Waals surface area contributed by atoms with Crippen molar-refractivity contribution in [3.63, 3.8) is 0 Å². The smallest absolute Gasteiger partial charge is 0.311 e. The topological polar surface area (TPSA) is 39.2 Å². The summed E-state index contributed by atoms with van der Waals surface area (Å²) in [5.41, 5.74) is 6.64. The Bertz CT molecular complexity index is 1530. The summed E-state index contributed by atoms with van der Waals surface area (Å²) in [6.45, 7) is 0. The first-order valence-electron chi connectivity index (χ1n) is 12.5. The lowest BCUT2D eigenvalue weighted by Crippen LogP contribution is -2.28. The number of pyridine rings is 1. The average molecular weight is 470 g/mol. The number of aromatic nitrogens is 1. The number of hydrogen-bond donors (Lipinski definition) is 0. The van der Waals surface area contributed by atoms with Gasteiger partial charge in [0, 0.05) is 22.8 Å². The van der Waals surface area contributed by atoms with Crippen molar-refractivity contribution >= 4 is 16.9 Å². The van der Waals surface area contributed by atoms with E-state index in [1.165, 1.54) is 22.3 Å². The molecule has 0 spiro atoms. The van der Waals surface area contributed by atoms with Crippen molar-refractivity contribution in [2.75, 3.05) is 0 Å². The number of ether oxygens (including phenoxy) is 1. The van der Waals surface area contributed by atoms with Gasteiger partial charge >= 0.3 is 5.97 Å². The minimum Gasteiger partial charge on any atom is -0.427 e. The van der Waals surface area contributed by atoms with Gasteiger partial charge < -0.3 is 4.74 Å². The van der Waals surface area contributed by atoms with Crippen LogP contribution in [0.1, 0.15) is 36.0 Å². The van der Waals surface area contributed by atoms with E-state index < -0.39 is 0 Å². The number of para-hydroxylation sites is 2. The van der Waals surface area contributed by atoms with Crippen LogP contribution in [-0.4, -0.2) is 11.0 Å². The Morgan fingerprint density at radius 2 is 1.42 bits per heavy atom. The molecule has 0 bridgehead atoms. The molecule has 176 valence electrons. The molecule has 0 saturated heterocycles. The number of aryl methyl sites for hydroxylation is 1. The zero-order chi connectivity index (χ0) is 24.4. The van der Waals surface area contributed by atoms with E-state index in [0.29, 0.717) is 18.6 Å². The second-order valence-electron chi connectivity index (χ2n) is 9.48. The quantitative estimate of drug-likeness (QED) is 0.183. The molecule has 0 N–H and O–H groups in total. The molecule has 0 fully saturated rings. The van der Waals surface area contributed by atoms with Gasteiger partial charge in [0.2, 0.25) is 0 Å². The Hall–Kier alpha value is -4.24. The van der Waals surface area contributed by atoms with Crippen LogP contribution in [0.25, 0.3) is 22.2 Å². The van der Waals surface area contributed by atoms with Gasteiger partial charge in [0.25, 0.3) is 0 Å². The molecule has 3 nitrogen and oxygen atoms in total. The van der Waals surface area contributed by atoms with Gasteiger partial charge in [0.15, 0.2) is 0 Å². The lowest BCUT2D eigenvalue weighted by Gasteiger charge is -2.32. The van der Waals surface area contributed by atoms with Gasteiger partial charge in [-0.15, -0.1) is 0 Å². The van der Waals surface area contributed by atoms with Gasteiger partial charge in [-0.3, -0.25) is 4.79 Å². The fraction of sp³-hybridized carbons (Fsp3) is 0.152. The largest absolute Gasteiger partial charge is 0.427 e. The molecule has 0 saturated carbocycles. The maximum atomic E-state index is 13.0. The van der Waals surface area contributed by atoms with Gasteiger partial charge in [-0.25, -0.2) is 4.98 Å². The van der Waals surface area contributed by atoms with Crippen molar-refractivity contribution in [2.45, 2.75) is 31.1 Å². The Morgan fingerprint density at radius 1 is 0.722 bits per heavy atom. The SMILES string of the molecule is O=C(CCC1(CCc2ccccc2)c2ccccc2-c2nc3ccccc3cc21)Oc1ccccc1. The zero-order valence-electron chi connectivity index (χ0n) is 20.1. The Morgan fingerprint density at radius 3 is 2.25 bits per heavy atom. The number of carbonyl (C=O) groups excluding carboxylic acids is 1. The second kappa shape index (κ2) is 9.43. The molecule has 1 aliphatic carbocycles. The van der Waals surface area contributed by atoms with Crippen molar-refractivity contribution in [3.05, 3.63) is 132 Å². The molecule has 3 heteroatoms. The van der Waals surface area contributed by atoms with Crippen LogP contribution in [0.15, 0.2) is 115 Å². The number of nitrogens with zero attached hydrogens (tertiary/aromatic N) is 1. The minimum atomic E-state index is -0.325. The third kappa shape index (κ3) is 4.07. The van der Waals surface area contributed by atoms with Gasteiger partial charge in [-0.05, 0) is 60.2 Å². The summed E-state index contributed by atoms with van der Waals surface area (Å²) < 4.78 is 5.67. The van der Waals surface area contributed by atoms with E-state index in [9.17, 15) is 4.79 Å². The molecule has 5 aromatic rings. The molecule has 0 amide bonds. The van der Waals surface area contributed by atoms with Crippen LogP contribution in [0, 0.1) is 0 Å². The Kier molecular flexibility index (Phi) is 5.82. The number of benzene rings is 4. The number of esters is 1. The summed E-state index contributed by atoms with van der Waals surface area (Å²) >= 11 is 0. The lowest BCUT2D eigenvalue weighted by atomic mass is 9.71. The number of carbonyl (C=O) groups is 1. The molecule has 1 atom stereocenters. The first-order valence-corrected chi connectivity index (χ1v) is 12.5. The summed E-state index contributed by atoms with van der Waals surface area (Å²) in [7, 11) is 0. The molecule has 1 unspecified atom stereocenters. The Balaban J connectivity index is 1.42. The molecule has 36 heavy (non-hydrogen) atoms. The highest BCUT2D eigenvalue weighted by atomic mass is 16.5. The highest BCUT2D eigenvalue weighted by Crippen LogP contribution is 2.53. The monoisotopic (exact) mass is 469 g/mol. The van der Waals surface area contributed by atoms with Crippen LogP contribution in [0.4, 0.5) is 0 Å². The van der Waals surface area contributed by atoms with E-state index in [1.54, 1.807) is 0 Å².